The Hall–Kier alpha value is -1.88. The van der Waals surface area contributed by atoms with Gasteiger partial charge in [-0.15, -0.1) is 0 Å². The standard InChI is InChI=1S/C11H11NO7S2/c13-11-9-5-8(12-6-20(14,15)16)3-1-7(9)2-4-10(11)21(17,18)19/h1-5,12-13H,6H2,(H,14,15,16)(H,17,18,19). The lowest BCUT2D eigenvalue weighted by molar-refractivity contribution is 0.448. The van der Waals surface area contributed by atoms with Crippen LogP contribution < -0.4 is 5.32 Å². The van der Waals surface area contributed by atoms with Crippen LogP contribution in [0.2, 0.25) is 0 Å². The van der Waals surface area contributed by atoms with E-state index in [0.717, 1.165) is 6.07 Å². The molecule has 0 spiro atoms. The van der Waals surface area contributed by atoms with Crippen LogP contribution in [0.4, 0.5) is 5.69 Å². The first-order chi connectivity index (χ1) is 9.58. The molecule has 0 bridgehead atoms. The number of rotatable bonds is 4. The molecule has 2 rings (SSSR count). The molecular formula is C11H11NO7S2. The van der Waals surface area contributed by atoms with E-state index in [1.54, 1.807) is 0 Å². The maximum atomic E-state index is 11.1. The smallest absolute Gasteiger partial charge is 0.298 e. The highest BCUT2D eigenvalue weighted by atomic mass is 32.2. The van der Waals surface area contributed by atoms with Crippen LogP contribution >= 0.6 is 0 Å². The first-order valence-electron chi connectivity index (χ1n) is 5.50. The fourth-order valence-corrected chi connectivity index (χ4v) is 2.72. The van der Waals surface area contributed by atoms with Gasteiger partial charge in [0.2, 0.25) is 0 Å². The van der Waals surface area contributed by atoms with Crippen LogP contribution in [0.25, 0.3) is 10.8 Å². The topological polar surface area (TPSA) is 141 Å². The van der Waals surface area contributed by atoms with Crippen molar-refractivity contribution in [1.29, 1.82) is 0 Å². The third kappa shape index (κ3) is 3.61. The molecule has 0 aliphatic rings. The number of phenols is 1. The number of anilines is 1. The van der Waals surface area contributed by atoms with Gasteiger partial charge in [-0.05, 0) is 23.6 Å². The first kappa shape index (κ1) is 15.5. The van der Waals surface area contributed by atoms with E-state index < -0.39 is 36.8 Å². The highest BCUT2D eigenvalue weighted by Crippen LogP contribution is 2.33. The van der Waals surface area contributed by atoms with E-state index in [0.29, 0.717) is 5.39 Å². The van der Waals surface area contributed by atoms with Gasteiger partial charge in [0.1, 0.15) is 16.5 Å². The summed E-state index contributed by atoms with van der Waals surface area (Å²) < 4.78 is 61.2. The summed E-state index contributed by atoms with van der Waals surface area (Å²) in [7, 11) is -8.81. The molecule has 10 heteroatoms. The second kappa shape index (κ2) is 5.15. The van der Waals surface area contributed by atoms with Gasteiger partial charge in [0, 0.05) is 11.1 Å². The summed E-state index contributed by atoms with van der Waals surface area (Å²) in [6, 6.07) is 6.72. The third-order valence-corrected chi connectivity index (χ3v) is 4.09. The summed E-state index contributed by atoms with van der Waals surface area (Å²) in [4.78, 5) is -0.651. The largest absolute Gasteiger partial charge is 0.506 e. The Labute approximate surface area is 120 Å². The van der Waals surface area contributed by atoms with Crippen molar-refractivity contribution in [2.45, 2.75) is 4.90 Å². The van der Waals surface area contributed by atoms with Crippen molar-refractivity contribution in [2.24, 2.45) is 0 Å². The van der Waals surface area contributed by atoms with E-state index in [4.69, 9.17) is 9.11 Å². The third-order valence-electron chi connectivity index (χ3n) is 2.69. The summed E-state index contributed by atoms with van der Waals surface area (Å²) in [5.41, 5.74) is 0.239. The van der Waals surface area contributed by atoms with Crippen LogP contribution in [-0.4, -0.2) is 36.9 Å². The van der Waals surface area contributed by atoms with E-state index in [2.05, 4.69) is 5.32 Å². The van der Waals surface area contributed by atoms with Crippen molar-refractivity contribution in [1.82, 2.24) is 0 Å². The summed E-state index contributed by atoms with van der Waals surface area (Å²) in [5.74, 6) is -1.39. The molecule has 0 saturated heterocycles. The predicted molar refractivity (Wildman–Crippen MR) is 75.5 cm³/mol. The van der Waals surface area contributed by atoms with Gasteiger partial charge < -0.3 is 10.4 Å². The van der Waals surface area contributed by atoms with E-state index in [1.165, 1.54) is 24.3 Å². The Morgan fingerprint density at radius 2 is 1.62 bits per heavy atom. The zero-order valence-electron chi connectivity index (χ0n) is 10.4. The quantitative estimate of drug-likeness (QED) is 0.608. The number of nitrogens with one attached hydrogen (secondary N) is 1. The minimum Gasteiger partial charge on any atom is -0.506 e. The molecule has 4 N–H and O–H groups in total. The Morgan fingerprint density at radius 1 is 1.00 bits per heavy atom. The van der Waals surface area contributed by atoms with Crippen LogP contribution in [0.3, 0.4) is 0 Å². The Kier molecular flexibility index (Phi) is 3.80. The maximum Gasteiger partial charge on any atom is 0.298 e. The summed E-state index contributed by atoms with van der Waals surface area (Å²) >= 11 is 0. The molecule has 0 fully saturated rings. The molecule has 2 aromatic rings. The minimum atomic E-state index is -4.58. The number of hydrogen-bond donors (Lipinski definition) is 4. The number of benzene rings is 2. The highest BCUT2D eigenvalue weighted by molar-refractivity contribution is 7.86. The Bertz CT molecular complexity index is 904. The average molecular weight is 333 g/mol. The molecular weight excluding hydrogens is 322 g/mol. The highest BCUT2D eigenvalue weighted by Gasteiger charge is 2.17. The lowest BCUT2D eigenvalue weighted by Gasteiger charge is -2.09. The lowest BCUT2D eigenvalue weighted by Crippen LogP contribution is -2.12. The van der Waals surface area contributed by atoms with Crippen molar-refractivity contribution in [2.75, 3.05) is 11.2 Å². The van der Waals surface area contributed by atoms with Gasteiger partial charge in [-0.2, -0.15) is 16.8 Å². The number of fused-ring (bicyclic) bond motifs is 1. The van der Waals surface area contributed by atoms with Gasteiger partial charge in [-0.3, -0.25) is 9.11 Å². The monoisotopic (exact) mass is 333 g/mol. The van der Waals surface area contributed by atoms with Crippen LogP contribution in [0, 0.1) is 0 Å². The molecule has 0 atom stereocenters. The van der Waals surface area contributed by atoms with Crippen molar-refractivity contribution >= 4 is 36.7 Å². The molecule has 0 amide bonds. The fourth-order valence-electron chi connectivity index (χ4n) is 1.78. The molecule has 0 unspecified atom stereocenters. The average Bonchev–Trinajstić information content (AvgIpc) is 2.34. The van der Waals surface area contributed by atoms with E-state index in [9.17, 15) is 21.9 Å². The number of aromatic hydroxyl groups is 1. The van der Waals surface area contributed by atoms with Crippen LogP contribution in [0.1, 0.15) is 0 Å². The minimum absolute atomic E-state index is 0.102. The molecule has 0 heterocycles. The molecule has 2 aromatic carbocycles. The summed E-state index contributed by atoms with van der Waals surface area (Å²) in [6.45, 7) is 0. The number of phenolic OH excluding ortho intramolecular Hbond substituents is 1. The number of hydrogen-bond acceptors (Lipinski definition) is 6. The van der Waals surface area contributed by atoms with Gasteiger partial charge in [0.25, 0.3) is 20.2 Å². The Morgan fingerprint density at radius 3 is 2.19 bits per heavy atom. The van der Waals surface area contributed by atoms with E-state index in [-0.39, 0.29) is 11.1 Å². The molecule has 0 saturated carbocycles. The molecule has 21 heavy (non-hydrogen) atoms. The second-order valence-electron chi connectivity index (χ2n) is 4.23. The van der Waals surface area contributed by atoms with E-state index >= 15 is 0 Å². The van der Waals surface area contributed by atoms with Crippen LogP contribution in [-0.2, 0) is 20.2 Å². The van der Waals surface area contributed by atoms with Gasteiger partial charge >= 0.3 is 0 Å². The zero-order chi connectivity index (χ0) is 15.8. The molecule has 0 aliphatic carbocycles. The zero-order valence-corrected chi connectivity index (χ0v) is 12.0. The fraction of sp³-hybridized carbons (Fsp3) is 0.0909. The van der Waals surface area contributed by atoms with Crippen molar-refractivity contribution < 1.29 is 31.0 Å². The van der Waals surface area contributed by atoms with Crippen LogP contribution in [0.5, 0.6) is 5.75 Å². The predicted octanol–water partition coefficient (Wildman–Crippen LogP) is 1.05. The second-order valence-corrected chi connectivity index (χ2v) is 7.07. The van der Waals surface area contributed by atoms with Gasteiger partial charge in [0.05, 0.1) is 0 Å². The molecule has 8 nitrogen and oxygen atoms in total. The maximum absolute atomic E-state index is 11.1. The van der Waals surface area contributed by atoms with Crippen molar-refractivity contribution in [3.63, 3.8) is 0 Å². The van der Waals surface area contributed by atoms with E-state index in [1.807, 2.05) is 0 Å². The molecule has 0 aliphatic heterocycles. The van der Waals surface area contributed by atoms with Crippen LogP contribution in [0.15, 0.2) is 35.2 Å². The Balaban J connectivity index is 2.53. The van der Waals surface area contributed by atoms with Gasteiger partial charge in [0.15, 0.2) is 0 Å². The first-order valence-corrected chi connectivity index (χ1v) is 8.55. The molecule has 114 valence electrons. The SMILES string of the molecule is O=S(=O)(O)CNc1ccc2ccc(S(=O)(=O)O)c(O)c2c1. The molecule has 0 aromatic heterocycles. The normalized spacial score (nSPS) is 12.5. The lowest BCUT2D eigenvalue weighted by atomic mass is 10.1. The van der Waals surface area contributed by atoms with Gasteiger partial charge in [-0.1, -0.05) is 12.1 Å². The van der Waals surface area contributed by atoms with Crippen molar-refractivity contribution in [3.8, 4) is 5.75 Å². The summed E-state index contributed by atoms with van der Waals surface area (Å²) in [5, 5.41) is 12.9. The van der Waals surface area contributed by atoms with Gasteiger partial charge in [-0.25, -0.2) is 0 Å². The molecule has 0 radical (unpaired) electrons. The van der Waals surface area contributed by atoms with Crippen molar-refractivity contribution in [3.05, 3.63) is 30.3 Å². The summed E-state index contributed by atoms with van der Waals surface area (Å²) in [6.07, 6.45) is 0.